The van der Waals surface area contributed by atoms with Crippen molar-refractivity contribution in [2.45, 2.75) is 57.9 Å². The van der Waals surface area contributed by atoms with Crippen molar-refractivity contribution in [1.82, 2.24) is 4.98 Å². The first-order valence-corrected chi connectivity index (χ1v) is 8.51. The summed E-state index contributed by atoms with van der Waals surface area (Å²) in [5, 5.41) is 0.666. The van der Waals surface area contributed by atoms with Gasteiger partial charge in [0.1, 0.15) is 5.82 Å². The molecule has 0 unspecified atom stereocenters. The summed E-state index contributed by atoms with van der Waals surface area (Å²) in [5.41, 5.74) is 0.790. The zero-order valence-electron chi connectivity index (χ0n) is 12.4. The number of nitrogens with zero attached hydrogens (tertiary/aromatic N) is 2. The van der Waals surface area contributed by atoms with Gasteiger partial charge in [-0.05, 0) is 37.3 Å². The molecule has 1 aromatic rings. The minimum atomic E-state index is 0.370. The maximum absolute atomic E-state index is 6.12. The molecule has 2 rings (SSSR count). The highest BCUT2D eigenvalue weighted by molar-refractivity contribution is 6.32. The Kier molecular flexibility index (Phi) is 5.98. The molecule has 0 aromatic carbocycles. The van der Waals surface area contributed by atoms with Crippen LogP contribution in [0.1, 0.15) is 51.6 Å². The summed E-state index contributed by atoms with van der Waals surface area (Å²) in [6.07, 6.45) is 6.41. The van der Waals surface area contributed by atoms with Crippen LogP contribution in [0.25, 0.3) is 0 Å². The summed E-state index contributed by atoms with van der Waals surface area (Å²) in [7, 11) is 0. The van der Waals surface area contributed by atoms with Crippen LogP contribution in [-0.2, 0) is 5.88 Å². The van der Waals surface area contributed by atoms with E-state index in [2.05, 4.69) is 23.7 Å². The normalized spacial score (nSPS) is 16.1. The minimum Gasteiger partial charge on any atom is -0.354 e. The van der Waals surface area contributed by atoms with E-state index in [1.54, 1.807) is 0 Å². The Morgan fingerprint density at radius 2 is 2.00 bits per heavy atom. The molecule has 1 aliphatic rings. The highest BCUT2D eigenvalue weighted by Crippen LogP contribution is 2.29. The van der Waals surface area contributed by atoms with E-state index in [9.17, 15) is 0 Å². The fraction of sp³-hybridized carbons (Fsp3) is 0.688. The molecule has 2 nitrogen and oxygen atoms in total. The zero-order chi connectivity index (χ0) is 14.5. The SMILES string of the molecule is CC(C)CCN(c1ccc(Cl)c(CCl)n1)C1CCCC1. The van der Waals surface area contributed by atoms with Crippen molar-refractivity contribution in [2.75, 3.05) is 11.4 Å². The van der Waals surface area contributed by atoms with Crippen LogP contribution in [0, 0.1) is 5.92 Å². The van der Waals surface area contributed by atoms with Gasteiger partial charge in [0, 0.05) is 12.6 Å². The highest BCUT2D eigenvalue weighted by atomic mass is 35.5. The number of pyridine rings is 1. The molecule has 20 heavy (non-hydrogen) atoms. The van der Waals surface area contributed by atoms with Gasteiger partial charge in [0.15, 0.2) is 0 Å². The van der Waals surface area contributed by atoms with Crippen molar-refractivity contribution in [3.05, 3.63) is 22.8 Å². The van der Waals surface area contributed by atoms with Gasteiger partial charge in [-0.1, -0.05) is 38.3 Å². The lowest BCUT2D eigenvalue weighted by Gasteiger charge is -2.31. The van der Waals surface area contributed by atoms with Gasteiger partial charge in [0.25, 0.3) is 0 Å². The van der Waals surface area contributed by atoms with Gasteiger partial charge in [0.2, 0.25) is 0 Å². The van der Waals surface area contributed by atoms with Crippen LogP contribution < -0.4 is 4.90 Å². The second-order valence-corrected chi connectivity index (χ2v) is 6.72. The molecule has 112 valence electrons. The predicted molar refractivity (Wildman–Crippen MR) is 87.9 cm³/mol. The molecule has 1 saturated carbocycles. The number of alkyl halides is 1. The number of aromatic nitrogens is 1. The molecule has 0 spiro atoms. The molecule has 1 aromatic heterocycles. The van der Waals surface area contributed by atoms with Crippen LogP contribution in [-0.4, -0.2) is 17.6 Å². The minimum absolute atomic E-state index is 0.370. The van der Waals surface area contributed by atoms with Crippen LogP contribution >= 0.6 is 23.2 Å². The highest BCUT2D eigenvalue weighted by Gasteiger charge is 2.24. The summed E-state index contributed by atoms with van der Waals surface area (Å²) in [4.78, 5) is 7.15. The molecule has 0 N–H and O–H groups in total. The quantitative estimate of drug-likeness (QED) is 0.665. The molecule has 1 heterocycles. The van der Waals surface area contributed by atoms with Gasteiger partial charge in [-0.15, -0.1) is 11.6 Å². The van der Waals surface area contributed by atoms with Gasteiger partial charge in [-0.2, -0.15) is 0 Å². The number of hydrogen-bond donors (Lipinski definition) is 0. The lowest BCUT2D eigenvalue weighted by atomic mass is 10.1. The molecule has 0 radical (unpaired) electrons. The molecule has 0 atom stereocenters. The molecule has 4 heteroatoms. The van der Waals surface area contributed by atoms with Gasteiger partial charge < -0.3 is 4.90 Å². The Labute approximate surface area is 132 Å². The molecule has 0 bridgehead atoms. The van der Waals surface area contributed by atoms with Crippen molar-refractivity contribution in [3.63, 3.8) is 0 Å². The number of hydrogen-bond acceptors (Lipinski definition) is 2. The van der Waals surface area contributed by atoms with Crippen molar-refractivity contribution in [3.8, 4) is 0 Å². The maximum Gasteiger partial charge on any atom is 0.129 e. The number of anilines is 1. The second-order valence-electron chi connectivity index (χ2n) is 6.05. The summed E-state index contributed by atoms with van der Waals surface area (Å²) in [6.45, 7) is 5.61. The van der Waals surface area contributed by atoms with Gasteiger partial charge >= 0.3 is 0 Å². The molecule has 1 aliphatic carbocycles. The predicted octanol–water partition coefficient (Wildman–Crippen LogP) is 5.27. The third-order valence-electron chi connectivity index (χ3n) is 4.04. The van der Waals surface area contributed by atoms with E-state index in [0.717, 1.165) is 18.1 Å². The van der Waals surface area contributed by atoms with E-state index >= 15 is 0 Å². The van der Waals surface area contributed by atoms with Crippen molar-refractivity contribution < 1.29 is 0 Å². The third-order valence-corrected chi connectivity index (χ3v) is 4.63. The van der Waals surface area contributed by atoms with Crippen LogP contribution in [0.5, 0.6) is 0 Å². The molecule has 1 fully saturated rings. The van der Waals surface area contributed by atoms with Crippen LogP contribution in [0.2, 0.25) is 5.02 Å². The maximum atomic E-state index is 6.12. The molecule has 0 amide bonds. The standard InChI is InChI=1S/C16H24Cl2N2/c1-12(2)9-10-20(13-5-3-4-6-13)16-8-7-14(18)15(11-17)19-16/h7-8,12-13H,3-6,9-11H2,1-2H3. The van der Waals surface area contributed by atoms with Gasteiger partial charge in [-0.25, -0.2) is 4.98 Å². The topological polar surface area (TPSA) is 16.1 Å². The number of rotatable bonds is 6. The summed E-state index contributed by atoms with van der Waals surface area (Å²) >= 11 is 12.1. The van der Waals surface area contributed by atoms with E-state index in [1.165, 1.54) is 32.1 Å². The average molecular weight is 315 g/mol. The van der Waals surface area contributed by atoms with E-state index in [1.807, 2.05) is 12.1 Å². The van der Waals surface area contributed by atoms with Crippen LogP contribution in [0.15, 0.2) is 12.1 Å². The smallest absolute Gasteiger partial charge is 0.129 e. The Balaban J connectivity index is 2.20. The summed E-state index contributed by atoms with van der Waals surface area (Å²) in [5.74, 6) is 2.12. The lowest BCUT2D eigenvalue weighted by Crippen LogP contribution is -2.35. The zero-order valence-corrected chi connectivity index (χ0v) is 13.9. The van der Waals surface area contributed by atoms with Gasteiger partial charge in [-0.3, -0.25) is 0 Å². The van der Waals surface area contributed by atoms with E-state index in [4.69, 9.17) is 23.2 Å². The molecule has 0 saturated heterocycles. The second kappa shape index (κ2) is 7.51. The Morgan fingerprint density at radius 1 is 1.30 bits per heavy atom. The molecular weight excluding hydrogens is 291 g/mol. The van der Waals surface area contributed by atoms with Crippen molar-refractivity contribution in [2.24, 2.45) is 5.92 Å². The fourth-order valence-electron chi connectivity index (χ4n) is 2.82. The Bertz CT molecular complexity index is 428. The Hall–Kier alpha value is -0.470. The van der Waals surface area contributed by atoms with E-state index < -0.39 is 0 Å². The monoisotopic (exact) mass is 314 g/mol. The van der Waals surface area contributed by atoms with E-state index in [-0.39, 0.29) is 0 Å². The average Bonchev–Trinajstić information content (AvgIpc) is 2.94. The molecular formula is C16H24Cl2N2. The number of halogens is 2. The third kappa shape index (κ3) is 4.02. The summed E-state index contributed by atoms with van der Waals surface area (Å²) in [6, 6.07) is 4.60. The first-order chi connectivity index (χ1) is 9.61. The lowest BCUT2D eigenvalue weighted by molar-refractivity contribution is 0.525. The van der Waals surface area contributed by atoms with Crippen LogP contribution in [0.3, 0.4) is 0 Å². The van der Waals surface area contributed by atoms with Crippen LogP contribution in [0.4, 0.5) is 5.82 Å². The first kappa shape index (κ1) is 15.9. The van der Waals surface area contributed by atoms with Crippen molar-refractivity contribution in [1.29, 1.82) is 0 Å². The van der Waals surface area contributed by atoms with E-state index in [0.29, 0.717) is 22.9 Å². The summed E-state index contributed by atoms with van der Waals surface area (Å²) < 4.78 is 0. The molecule has 0 aliphatic heterocycles. The van der Waals surface area contributed by atoms with Crippen molar-refractivity contribution >= 4 is 29.0 Å². The first-order valence-electron chi connectivity index (χ1n) is 7.60. The Morgan fingerprint density at radius 3 is 2.60 bits per heavy atom. The fourth-order valence-corrected chi connectivity index (χ4v) is 3.27. The largest absolute Gasteiger partial charge is 0.354 e. The van der Waals surface area contributed by atoms with Gasteiger partial charge in [0.05, 0.1) is 16.6 Å².